The molecule has 1 aromatic rings. The second-order valence-corrected chi connectivity index (χ2v) is 3.39. The number of aromatic nitrogens is 1. The third-order valence-corrected chi connectivity index (χ3v) is 2.04. The first-order valence-corrected chi connectivity index (χ1v) is 4.86. The molecular weight excluding hydrogens is 218 g/mol. The maximum Gasteiger partial charge on any atom is 0.323 e. The lowest BCUT2D eigenvalue weighted by Gasteiger charge is -2.20. The van der Waals surface area contributed by atoms with Gasteiger partial charge >= 0.3 is 5.97 Å². The number of hydrogen-bond donors (Lipinski definition) is 1. The summed E-state index contributed by atoms with van der Waals surface area (Å²) in [5.41, 5.74) is 1.01. The molecule has 1 rings (SSSR count). The molecule has 0 aliphatic carbocycles. The van der Waals surface area contributed by atoms with E-state index in [1.54, 1.807) is 19.1 Å². The van der Waals surface area contributed by atoms with Gasteiger partial charge in [-0.3, -0.25) is 4.79 Å². The smallest absolute Gasteiger partial charge is 0.323 e. The average molecular weight is 229 g/mol. The Morgan fingerprint density at radius 1 is 1.65 bits per heavy atom. The minimum atomic E-state index is -1.02. The largest absolute Gasteiger partial charge is 0.480 e. The van der Waals surface area contributed by atoms with Gasteiger partial charge in [0.2, 0.25) is 0 Å². The molecule has 1 heterocycles. The van der Waals surface area contributed by atoms with Gasteiger partial charge in [0.15, 0.2) is 0 Å². The van der Waals surface area contributed by atoms with Gasteiger partial charge in [-0.25, -0.2) is 4.98 Å². The number of terminal acetylenes is 1. The summed E-state index contributed by atoms with van der Waals surface area (Å²) in [6.07, 6.45) is 5.18. The first-order valence-electron chi connectivity index (χ1n) is 4.86. The van der Waals surface area contributed by atoms with Crippen molar-refractivity contribution in [1.29, 1.82) is 5.26 Å². The van der Waals surface area contributed by atoms with Gasteiger partial charge in [0, 0.05) is 5.69 Å². The zero-order chi connectivity index (χ0) is 12.8. The minimum Gasteiger partial charge on any atom is -0.480 e. The number of anilines is 1. The standard InChI is InChI=1S/C12H11N3O2/c1-3-6-15(8-11(16)17)12-10(7-13)5-4-9(2)14-12/h1,4-5H,6,8H2,2H3,(H,16,17). The van der Waals surface area contributed by atoms with Crippen LogP contribution in [-0.2, 0) is 4.79 Å². The van der Waals surface area contributed by atoms with Crippen LogP contribution in [0.4, 0.5) is 5.82 Å². The number of nitrogens with zero attached hydrogens (tertiary/aromatic N) is 3. The number of aliphatic carboxylic acids is 1. The summed E-state index contributed by atoms with van der Waals surface area (Å²) >= 11 is 0. The first-order chi connectivity index (χ1) is 8.08. The molecule has 0 spiro atoms. The number of hydrogen-bond acceptors (Lipinski definition) is 4. The predicted molar refractivity (Wildman–Crippen MR) is 62.4 cm³/mol. The van der Waals surface area contributed by atoms with Crippen LogP contribution in [0.5, 0.6) is 0 Å². The molecule has 0 saturated heterocycles. The van der Waals surface area contributed by atoms with Gasteiger partial charge in [0.25, 0.3) is 0 Å². The number of aryl methyl sites for hydroxylation is 1. The van der Waals surface area contributed by atoms with Crippen LogP contribution in [0.15, 0.2) is 12.1 Å². The molecule has 17 heavy (non-hydrogen) atoms. The zero-order valence-corrected chi connectivity index (χ0v) is 9.34. The maximum atomic E-state index is 10.7. The van der Waals surface area contributed by atoms with Crippen LogP contribution in [0, 0.1) is 30.6 Å². The van der Waals surface area contributed by atoms with Gasteiger partial charge in [0.05, 0.1) is 12.1 Å². The lowest BCUT2D eigenvalue weighted by atomic mass is 10.2. The molecule has 5 heteroatoms. The summed E-state index contributed by atoms with van der Waals surface area (Å²) in [5, 5.41) is 17.7. The Labute approximate surface area is 99.3 Å². The van der Waals surface area contributed by atoms with Crippen molar-refractivity contribution in [3.8, 4) is 18.4 Å². The van der Waals surface area contributed by atoms with Gasteiger partial charge < -0.3 is 10.0 Å². The van der Waals surface area contributed by atoms with Crippen LogP contribution in [0.2, 0.25) is 0 Å². The molecule has 0 aromatic carbocycles. The Hall–Kier alpha value is -2.53. The number of rotatable bonds is 4. The molecular formula is C12H11N3O2. The molecule has 1 aromatic heterocycles. The van der Waals surface area contributed by atoms with E-state index in [0.29, 0.717) is 17.1 Å². The molecule has 0 radical (unpaired) electrons. The van der Waals surface area contributed by atoms with Gasteiger partial charge in [-0.05, 0) is 19.1 Å². The van der Waals surface area contributed by atoms with Crippen molar-refractivity contribution in [2.45, 2.75) is 6.92 Å². The molecule has 5 nitrogen and oxygen atoms in total. The Balaban J connectivity index is 3.17. The summed E-state index contributed by atoms with van der Waals surface area (Å²) in [6.45, 7) is 1.58. The van der Waals surface area contributed by atoms with Crippen molar-refractivity contribution in [1.82, 2.24) is 4.98 Å². The molecule has 0 fully saturated rings. The van der Waals surface area contributed by atoms with E-state index in [-0.39, 0.29) is 13.1 Å². The summed E-state index contributed by atoms with van der Waals surface area (Å²) in [7, 11) is 0. The summed E-state index contributed by atoms with van der Waals surface area (Å²) in [5.74, 6) is 1.65. The van der Waals surface area contributed by atoms with E-state index in [0.717, 1.165) is 0 Å². The van der Waals surface area contributed by atoms with Crippen LogP contribution in [-0.4, -0.2) is 29.1 Å². The van der Waals surface area contributed by atoms with Crippen LogP contribution < -0.4 is 4.90 Å². The van der Waals surface area contributed by atoms with Gasteiger partial charge in [-0.2, -0.15) is 5.26 Å². The monoisotopic (exact) mass is 229 g/mol. The lowest BCUT2D eigenvalue weighted by Crippen LogP contribution is -2.31. The lowest BCUT2D eigenvalue weighted by molar-refractivity contribution is -0.135. The Bertz CT molecular complexity index is 511. The summed E-state index contributed by atoms with van der Waals surface area (Å²) < 4.78 is 0. The van der Waals surface area contributed by atoms with Crippen LogP contribution >= 0.6 is 0 Å². The molecule has 0 unspecified atom stereocenters. The van der Waals surface area contributed by atoms with E-state index in [1.165, 1.54) is 4.90 Å². The van der Waals surface area contributed by atoms with Crippen molar-refractivity contribution in [3.05, 3.63) is 23.4 Å². The quantitative estimate of drug-likeness (QED) is 0.772. The van der Waals surface area contributed by atoms with E-state index in [4.69, 9.17) is 16.8 Å². The predicted octanol–water partition coefficient (Wildman–Crippen LogP) is 0.786. The number of nitriles is 1. The van der Waals surface area contributed by atoms with Crippen molar-refractivity contribution < 1.29 is 9.90 Å². The fourth-order valence-electron chi connectivity index (χ4n) is 1.35. The maximum absolute atomic E-state index is 10.7. The van der Waals surface area contributed by atoms with Crippen molar-refractivity contribution in [3.63, 3.8) is 0 Å². The van der Waals surface area contributed by atoms with Crippen LogP contribution in [0.1, 0.15) is 11.3 Å². The highest BCUT2D eigenvalue weighted by Gasteiger charge is 2.15. The molecule has 0 bridgehead atoms. The highest BCUT2D eigenvalue weighted by Crippen LogP contribution is 2.17. The first kappa shape index (κ1) is 12.5. The molecule has 0 atom stereocenters. The minimum absolute atomic E-state index is 0.0947. The van der Waals surface area contributed by atoms with E-state index < -0.39 is 5.97 Å². The molecule has 0 saturated carbocycles. The van der Waals surface area contributed by atoms with E-state index >= 15 is 0 Å². The molecule has 0 amide bonds. The van der Waals surface area contributed by atoms with Crippen molar-refractivity contribution >= 4 is 11.8 Å². The number of pyridine rings is 1. The third kappa shape index (κ3) is 3.22. The van der Waals surface area contributed by atoms with Gasteiger partial charge in [-0.1, -0.05) is 5.92 Å². The Morgan fingerprint density at radius 2 is 2.35 bits per heavy atom. The molecule has 86 valence electrons. The Kier molecular flexibility index (Phi) is 4.08. The van der Waals surface area contributed by atoms with Crippen molar-refractivity contribution in [2.24, 2.45) is 0 Å². The Morgan fingerprint density at radius 3 is 2.88 bits per heavy atom. The van der Waals surface area contributed by atoms with E-state index in [1.807, 2.05) is 6.07 Å². The van der Waals surface area contributed by atoms with E-state index in [2.05, 4.69) is 10.9 Å². The second kappa shape index (κ2) is 5.53. The number of carbonyl (C=O) groups is 1. The summed E-state index contributed by atoms with van der Waals surface area (Å²) in [4.78, 5) is 16.3. The normalized spacial score (nSPS) is 9.12. The number of carboxylic acid groups (broad SMARTS) is 1. The second-order valence-electron chi connectivity index (χ2n) is 3.39. The molecule has 1 N–H and O–H groups in total. The summed E-state index contributed by atoms with van der Waals surface area (Å²) in [6, 6.07) is 5.26. The average Bonchev–Trinajstić information content (AvgIpc) is 2.28. The van der Waals surface area contributed by atoms with E-state index in [9.17, 15) is 4.79 Å². The number of carboxylic acids is 1. The highest BCUT2D eigenvalue weighted by atomic mass is 16.4. The van der Waals surface area contributed by atoms with Crippen molar-refractivity contribution in [2.75, 3.05) is 18.0 Å². The van der Waals surface area contributed by atoms with Crippen LogP contribution in [0.25, 0.3) is 0 Å². The fraction of sp³-hybridized carbons (Fsp3) is 0.250. The highest BCUT2D eigenvalue weighted by molar-refractivity contribution is 5.74. The fourth-order valence-corrected chi connectivity index (χ4v) is 1.35. The SMILES string of the molecule is C#CCN(CC(=O)O)c1nc(C)ccc1C#N. The molecule has 0 aliphatic heterocycles. The topological polar surface area (TPSA) is 77.2 Å². The van der Waals surface area contributed by atoms with Crippen LogP contribution in [0.3, 0.4) is 0 Å². The molecule has 0 aliphatic rings. The van der Waals surface area contributed by atoms with Gasteiger partial charge in [0.1, 0.15) is 18.4 Å². The van der Waals surface area contributed by atoms with Gasteiger partial charge in [-0.15, -0.1) is 6.42 Å². The zero-order valence-electron chi connectivity index (χ0n) is 9.34. The third-order valence-electron chi connectivity index (χ3n) is 2.04.